The topological polar surface area (TPSA) is 69.6 Å². The molecule has 0 atom stereocenters. The summed E-state index contributed by atoms with van der Waals surface area (Å²) >= 11 is 0. The van der Waals surface area contributed by atoms with Gasteiger partial charge in [0, 0.05) is 24.8 Å². The molecule has 0 bridgehead atoms. The van der Waals surface area contributed by atoms with E-state index in [1.54, 1.807) is 24.1 Å². The molecule has 0 saturated carbocycles. The van der Waals surface area contributed by atoms with Gasteiger partial charge in [0.2, 0.25) is 11.8 Å². The van der Waals surface area contributed by atoms with Crippen molar-refractivity contribution in [2.75, 3.05) is 23.9 Å². The van der Waals surface area contributed by atoms with Crippen LogP contribution in [0.3, 0.4) is 0 Å². The molecule has 0 unspecified atom stereocenters. The summed E-state index contributed by atoms with van der Waals surface area (Å²) in [6.45, 7) is -0.532. The van der Waals surface area contributed by atoms with Gasteiger partial charge >= 0.3 is 0 Å². The number of aliphatic hydroxyl groups is 1. The van der Waals surface area contributed by atoms with E-state index < -0.39 is 12.5 Å². The van der Waals surface area contributed by atoms with Crippen LogP contribution in [0.15, 0.2) is 18.2 Å². The molecule has 90 valence electrons. The van der Waals surface area contributed by atoms with Crippen LogP contribution in [-0.4, -0.2) is 30.6 Å². The Morgan fingerprint density at radius 2 is 2.24 bits per heavy atom. The zero-order valence-corrected chi connectivity index (χ0v) is 9.56. The molecule has 5 heteroatoms. The Morgan fingerprint density at radius 3 is 2.94 bits per heavy atom. The first-order valence-corrected chi connectivity index (χ1v) is 5.42. The van der Waals surface area contributed by atoms with Gasteiger partial charge in [0.25, 0.3) is 0 Å². The fourth-order valence-corrected chi connectivity index (χ4v) is 1.93. The average molecular weight is 234 g/mol. The maximum absolute atomic E-state index is 11.5. The highest BCUT2D eigenvalue weighted by Gasteiger charge is 2.20. The minimum atomic E-state index is -0.532. The Balaban J connectivity index is 2.26. The molecular weight excluding hydrogens is 220 g/mol. The quantitative estimate of drug-likeness (QED) is 0.784. The van der Waals surface area contributed by atoms with Crippen molar-refractivity contribution in [3.05, 3.63) is 23.8 Å². The third kappa shape index (κ3) is 2.29. The van der Waals surface area contributed by atoms with Gasteiger partial charge in [0.15, 0.2) is 0 Å². The smallest absolute Gasteiger partial charge is 0.250 e. The van der Waals surface area contributed by atoms with Crippen molar-refractivity contribution >= 4 is 23.2 Å². The van der Waals surface area contributed by atoms with E-state index in [-0.39, 0.29) is 5.91 Å². The lowest BCUT2D eigenvalue weighted by atomic mass is 10.0. The van der Waals surface area contributed by atoms with E-state index in [0.29, 0.717) is 18.5 Å². The number of aliphatic hydroxyl groups excluding tert-OH is 1. The van der Waals surface area contributed by atoms with Crippen molar-refractivity contribution in [3.63, 3.8) is 0 Å². The van der Waals surface area contributed by atoms with E-state index >= 15 is 0 Å². The van der Waals surface area contributed by atoms with Crippen molar-refractivity contribution in [2.24, 2.45) is 0 Å². The van der Waals surface area contributed by atoms with E-state index in [4.69, 9.17) is 5.11 Å². The second kappa shape index (κ2) is 4.55. The zero-order valence-electron chi connectivity index (χ0n) is 9.56. The zero-order chi connectivity index (χ0) is 12.4. The van der Waals surface area contributed by atoms with Gasteiger partial charge in [0.1, 0.15) is 6.61 Å². The average Bonchev–Trinajstić information content (AvgIpc) is 2.34. The number of carbonyl (C=O) groups is 2. The largest absolute Gasteiger partial charge is 0.387 e. The summed E-state index contributed by atoms with van der Waals surface area (Å²) in [5.74, 6) is -0.338. The molecule has 0 radical (unpaired) electrons. The monoisotopic (exact) mass is 234 g/mol. The van der Waals surface area contributed by atoms with Crippen LogP contribution < -0.4 is 10.2 Å². The van der Waals surface area contributed by atoms with Crippen LogP contribution in [0.1, 0.15) is 12.0 Å². The van der Waals surface area contributed by atoms with E-state index in [0.717, 1.165) is 11.3 Å². The molecule has 2 amide bonds. The van der Waals surface area contributed by atoms with Crippen LogP contribution in [0.5, 0.6) is 0 Å². The fourth-order valence-electron chi connectivity index (χ4n) is 1.93. The number of hydrogen-bond acceptors (Lipinski definition) is 3. The van der Waals surface area contributed by atoms with Crippen molar-refractivity contribution in [3.8, 4) is 0 Å². The number of fused-ring (bicyclic) bond motifs is 1. The molecule has 0 fully saturated rings. The summed E-state index contributed by atoms with van der Waals surface area (Å²) in [7, 11) is 1.74. The molecule has 2 rings (SSSR count). The Kier molecular flexibility index (Phi) is 3.10. The molecule has 1 heterocycles. The lowest BCUT2D eigenvalue weighted by Gasteiger charge is -2.26. The second-order valence-corrected chi connectivity index (χ2v) is 4.00. The molecule has 1 aromatic carbocycles. The van der Waals surface area contributed by atoms with Crippen LogP contribution in [0, 0.1) is 0 Å². The summed E-state index contributed by atoms with van der Waals surface area (Å²) in [6.07, 6.45) is 1.17. The fraction of sp³-hybridized carbons (Fsp3) is 0.333. The number of carbonyl (C=O) groups excluding carboxylic acids is 2. The lowest BCUT2D eigenvalue weighted by molar-refractivity contribution is -0.119. The standard InChI is InChI=1S/C12H14N2O3/c1-14-10-4-3-9(13-11(16)7-15)6-8(10)2-5-12(14)17/h3-4,6,15H,2,5,7H2,1H3,(H,13,16). The van der Waals surface area contributed by atoms with Crippen LogP contribution in [0.4, 0.5) is 11.4 Å². The first kappa shape index (κ1) is 11.6. The van der Waals surface area contributed by atoms with Crippen LogP contribution >= 0.6 is 0 Å². The predicted molar refractivity (Wildman–Crippen MR) is 63.9 cm³/mol. The number of hydrogen-bond donors (Lipinski definition) is 2. The van der Waals surface area contributed by atoms with Gasteiger partial charge in [-0.25, -0.2) is 0 Å². The molecule has 0 aromatic heterocycles. The Bertz CT molecular complexity index is 471. The number of aryl methyl sites for hydroxylation is 1. The van der Waals surface area contributed by atoms with E-state index in [2.05, 4.69) is 5.32 Å². The molecule has 0 saturated heterocycles. The van der Waals surface area contributed by atoms with E-state index in [1.165, 1.54) is 0 Å². The van der Waals surface area contributed by atoms with E-state index in [1.807, 2.05) is 6.07 Å². The van der Waals surface area contributed by atoms with E-state index in [9.17, 15) is 9.59 Å². The summed E-state index contributed by atoms with van der Waals surface area (Å²) in [4.78, 5) is 24.2. The number of nitrogens with one attached hydrogen (secondary N) is 1. The van der Waals surface area contributed by atoms with Gasteiger partial charge < -0.3 is 15.3 Å². The van der Waals surface area contributed by atoms with Crippen molar-refractivity contribution in [2.45, 2.75) is 12.8 Å². The van der Waals surface area contributed by atoms with Gasteiger partial charge in [-0.05, 0) is 30.2 Å². The molecule has 1 aromatic rings. The first-order valence-electron chi connectivity index (χ1n) is 5.42. The third-order valence-corrected chi connectivity index (χ3v) is 2.85. The maximum Gasteiger partial charge on any atom is 0.250 e. The molecular formula is C12H14N2O3. The van der Waals surface area contributed by atoms with Gasteiger partial charge in [-0.3, -0.25) is 9.59 Å². The summed E-state index contributed by atoms with van der Waals surface area (Å²) in [5.41, 5.74) is 2.55. The number of rotatable bonds is 2. The number of nitrogens with zero attached hydrogens (tertiary/aromatic N) is 1. The van der Waals surface area contributed by atoms with Gasteiger partial charge in [0.05, 0.1) is 0 Å². The van der Waals surface area contributed by atoms with Crippen LogP contribution in [0.2, 0.25) is 0 Å². The Labute approximate surface area is 99.0 Å². The maximum atomic E-state index is 11.5. The van der Waals surface area contributed by atoms with Gasteiger partial charge in [-0.1, -0.05) is 0 Å². The first-order chi connectivity index (χ1) is 8.11. The minimum absolute atomic E-state index is 0.102. The minimum Gasteiger partial charge on any atom is -0.387 e. The summed E-state index contributed by atoms with van der Waals surface area (Å²) < 4.78 is 0. The predicted octanol–water partition coefficient (Wildman–Crippen LogP) is 0.526. The second-order valence-electron chi connectivity index (χ2n) is 4.00. The SMILES string of the molecule is CN1C(=O)CCc2cc(NC(=O)CO)ccc21. The van der Waals surface area contributed by atoms with Crippen molar-refractivity contribution in [1.29, 1.82) is 0 Å². The van der Waals surface area contributed by atoms with Crippen LogP contribution in [-0.2, 0) is 16.0 Å². The highest BCUT2D eigenvalue weighted by Crippen LogP contribution is 2.29. The molecule has 5 nitrogen and oxygen atoms in total. The summed E-state index contributed by atoms with van der Waals surface area (Å²) in [6, 6.07) is 5.37. The Morgan fingerprint density at radius 1 is 1.47 bits per heavy atom. The van der Waals surface area contributed by atoms with Crippen LogP contribution in [0.25, 0.3) is 0 Å². The van der Waals surface area contributed by atoms with Crippen molar-refractivity contribution < 1.29 is 14.7 Å². The Hall–Kier alpha value is -1.88. The number of anilines is 2. The molecule has 17 heavy (non-hydrogen) atoms. The number of amides is 2. The summed E-state index contributed by atoms with van der Waals surface area (Å²) in [5, 5.41) is 11.2. The highest BCUT2D eigenvalue weighted by atomic mass is 16.3. The molecule has 0 aliphatic carbocycles. The highest BCUT2D eigenvalue weighted by molar-refractivity contribution is 5.97. The number of benzene rings is 1. The molecule has 0 spiro atoms. The van der Waals surface area contributed by atoms with Crippen molar-refractivity contribution in [1.82, 2.24) is 0 Å². The third-order valence-electron chi connectivity index (χ3n) is 2.85. The van der Waals surface area contributed by atoms with Gasteiger partial charge in [-0.2, -0.15) is 0 Å². The lowest BCUT2D eigenvalue weighted by Crippen LogP contribution is -2.31. The molecule has 2 N–H and O–H groups in total. The molecule has 1 aliphatic heterocycles. The normalized spacial score (nSPS) is 14.5. The van der Waals surface area contributed by atoms with Gasteiger partial charge in [-0.15, -0.1) is 0 Å². The molecule has 1 aliphatic rings.